The van der Waals surface area contributed by atoms with Crippen molar-refractivity contribution in [1.29, 1.82) is 0 Å². The molecule has 0 unspecified atom stereocenters. The summed E-state index contributed by atoms with van der Waals surface area (Å²) in [6.45, 7) is 3.64. The second-order valence-corrected chi connectivity index (χ2v) is 7.05. The number of nitrogens with one attached hydrogen (secondary N) is 1. The molecule has 29 heavy (non-hydrogen) atoms. The molecular formula is C24H21N3O2. The highest BCUT2D eigenvalue weighted by atomic mass is 16.2. The zero-order valence-corrected chi connectivity index (χ0v) is 16.3. The van der Waals surface area contributed by atoms with E-state index < -0.39 is 0 Å². The van der Waals surface area contributed by atoms with Gasteiger partial charge in [0.15, 0.2) is 0 Å². The molecule has 2 aromatic heterocycles. The average Bonchev–Trinajstić information content (AvgIpc) is 2.73. The zero-order chi connectivity index (χ0) is 20.4. The monoisotopic (exact) mass is 383 g/mol. The fraction of sp³-hybridized carbons (Fsp3) is 0.125. The van der Waals surface area contributed by atoms with E-state index in [9.17, 15) is 9.59 Å². The van der Waals surface area contributed by atoms with Gasteiger partial charge in [-0.2, -0.15) is 0 Å². The molecular weight excluding hydrogens is 362 g/mol. The van der Waals surface area contributed by atoms with Gasteiger partial charge in [-0.15, -0.1) is 0 Å². The van der Waals surface area contributed by atoms with Crippen molar-refractivity contribution in [2.24, 2.45) is 0 Å². The van der Waals surface area contributed by atoms with Gasteiger partial charge in [-0.05, 0) is 42.2 Å². The minimum absolute atomic E-state index is 0.185. The maximum absolute atomic E-state index is 12.8. The second-order valence-electron chi connectivity index (χ2n) is 7.05. The molecule has 4 aromatic rings. The number of fused-ring (bicyclic) bond motifs is 1. The third-order valence-electron chi connectivity index (χ3n) is 4.92. The number of pyridine rings is 1. The van der Waals surface area contributed by atoms with Gasteiger partial charge in [-0.25, -0.2) is 4.98 Å². The Hall–Kier alpha value is -3.73. The topological polar surface area (TPSA) is 63.5 Å². The lowest BCUT2D eigenvalue weighted by molar-refractivity contribution is -0.115. The Morgan fingerprint density at radius 2 is 1.62 bits per heavy atom. The third kappa shape index (κ3) is 3.80. The molecule has 5 heteroatoms. The van der Waals surface area contributed by atoms with E-state index in [1.54, 1.807) is 19.2 Å². The molecule has 1 amide bonds. The van der Waals surface area contributed by atoms with Crippen molar-refractivity contribution < 1.29 is 4.79 Å². The summed E-state index contributed by atoms with van der Waals surface area (Å²) in [5.41, 5.74) is 5.07. The normalized spacial score (nSPS) is 10.8. The van der Waals surface area contributed by atoms with Crippen LogP contribution in [0.5, 0.6) is 0 Å². The minimum Gasteiger partial charge on any atom is -0.320 e. The maximum atomic E-state index is 12.8. The first kappa shape index (κ1) is 18.6. The highest BCUT2D eigenvalue weighted by Crippen LogP contribution is 2.19. The largest absolute Gasteiger partial charge is 0.320 e. The van der Waals surface area contributed by atoms with Crippen LogP contribution in [0, 0.1) is 13.8 Å². The van der Waals surface area contributed by atoms with Crippen LogP contribution in [0.25, 0.3) is 16.8 Å². The molecule has 0 aliphatic carbocycles. The van der Waals surface area contributed by atoms with Crippen molar-refractivity contribution in [2.75, 3.05) is 5.32 Å². The molecule has 2 aromatic carbocycles. The van der Waals surface area contributed by atoms with E-state index in [0.717, 1.165) is 22.3 Å². The third-order valence-corrected chi connectivity index (χ3v) is 4.92. The summed E-state index contributed by atoms with van der Waals surface area (Å²) in [4.78, 5) is 29.8. The maximum Gasteiger partial charge on any atom is 0.281 e. The van der Waals surface area contributed by atoms with E-state index in [-0.39, 0.29) is 23.6 Å². The van der Waals surface area contributed by atoms with Crippen LogP contribution in [-0.2, 0) is 11.2 Å². The van der Waals surface area contributed by atoms with E-state index in [1.807, 2.05) is 67.6 Å². The summed E-state index contributed by atoms with van der Waals surface area (Å²) < 4.78 is 1.46. The smallest absolute Gasteiger partial charge is 0.281 e. The molecule has 0 radical (unpaired) electrons. The van der Waals surface area contributed by atoms with Gasteiger partial charge in [0, 0.05) is 6.20 Å². The van der Waals surface area contributed by atoms with Crippen LogP contribution in [0.15, 0.2) is 77.7 Å². The van der Waals surface area contributed by atoms with E-state index in [2.05, 4.69) is 10.3 Å². The van der Waals surface area contributed by atoms with Gasteiger partial charge >= 0.3 is 0 Å². The Balaban J connectivity index is 1.54. The zero-order valence-electron chi connectivity index (χ0n) is 16.3. The second kappa shape index (κ2) is 7.72. The highest BCUT2D eigenvalue weighted by molar-refractivity contribution is 5.92. The average molecular weight is 383 g/mol. The molecule has 0 saturated carbocycles. The molecule has 1 N–H and O–H groups in total. The first-order valence-electron chi connectivity index (χ1n) is 9.46. The van der Waals surface area contributed by atoms with Crippen LogP contribution in [-0.4, -0.2) is 15.3 Å². The summed E-state index contributed by atoms with van der Waals surface area (Å²) in [5, 5.41) is 2.75. The number of amides is 1. The lowest BCUT2D eigenvalue weighted by Gasteiger charge is -2.11. The number of carbonyl (C=O) groups excluding carboxylic acids is 1. The first-order valence-corrected chi connectivity index (χ1v) is 9.46. The summed E-state index contributed by atoms with van der Waals surface area (Å²) in [6, 6.07) is 21.6. The number of anilines is 1. The predicted molar refractivity (Wildman–Crippen MR) is 115 cm³/mol. The summed E-state index contributed by atoms with van der Waals surface area (Å²) in [7, 11) is 0. The van der Waals surface area contributed by atoms with E-state index in [4.69, 9.17) is 0 Å². The summed E-state index contributed by atoms with van der Waals surface area (Å²) in [5.74, 6) is -0.243. The Bertz CT molecular complexity index is 1240. The minimum atomic E-state index is -0.274. The fourth-order valence-corrected chi connectivity index (χ4v) is 3.36. The van der Waals surface area contributed by atoms with Gasteiger partial charge in [0.1, 0.15) is 11.3 Å². The van der Waals surface area contributed by atoms with Gasteiger partial charge in [0.05, 0.1) is 12.1 Å². The number of nitrogens with zero attached hydrogens (tertiary/aromatic N) is 2. The van der Waals surface area contributed by atoms with Gasteiger partial charge in [0.25, 0.3) is 5.56 Å². The molecule has 0 bridgehead atoms. The quantitative estimate of drug-likeness (QED) is 0.576. The Morgan fingerprint density at radius 1 is 0.931 bits per heavy atom. The lowest BCUT2D eigenvalue weighted by atomic mass is 10.0. The van der Waals surface area contributed by atoms with Crippen LogP contribution >= 0.6 is 0 Å². The molecule has 0 fully saturated rings. The molecule has 4 rings (SSSR count). The highest BCUT2D eigenvalue weighted by Gasteiger charge is 2.14. The first-order chi connectivity index (χ1) is 14.0. The number of carbonyl (C=O) groups is 1. The van der Waals surface area contributed by atoms with Gasteiger partial charge in [0.2, 0.25) is 5.91 Å². The van der Waals surface area contributed by atoms with Gasteiger partial charge in [-0.3, -0.25) is 14.0 Å². The van der Waals surface area contributed by atoms with Crippen molar-refractivity contribution in [3.8, 4) is 11.1 Å². The Kier molecular flexibility index (Phi) is 4.96. The molecule has 2 heterocycles. The van der Waals surface area contributed by atoms with E-state index in [1.165, 1.54) is 4.40 Å². The standard InChI is InChI=1S/C24H21N3O2/c1-16-7-6-14-27-23(16)25-17(2)22(24(27)29)26-21(28)15-18-10-12-20(13-11-18)19-8-4-3-5-9-19/h3-14H,15H2,1-2H3,(H,26,28). The predicted octanol–water partition coefficient (Wildman–Crippen LogP) is 4.16. The molecule has 5 nitrogen and oxygen atoms in total. The molecule has 0 aliphatic heterocycles. The molecule has 144 valence electrons. The van der Waals surface area contributed by atoms with Crippen LogP contribution in [0.2, 0.25) is 0 Å². The number of aryl methyl sites for hydroxylation is 2. The number of benzene rings is 2. The number of rotatable bonds is 4. The molecule has 0 aliphatic rings. The van der Waals surface area contributed by atoms with Crippen molar-refractivity contribution >= 4 is 17.2 Å². The van der Waals surface area contributed by atoms with Crippen molar-refractivity contribution in [2.45, 2.75) is 20.3 Å². The molecule has 0 spiro atoms. The van der Waals surface area contributed by atoms with E-state index in [0.29, 0.717) is 11.3 Å². The lowest BCUT2D eigenvalue weighted by Crippen LogP contribution is -2.26. The van der Waals surface area contributed by atoms with Gasteiger partial charge in [-0.1, -0.05) is 60.7 Å². The van der Waals surface area contributed by atoms with Crippen LogP contribution in [0.3, 0.4) is 0 Å². The molecule has 0 atom stereocenters. The van der Waals surface area contributed by atoms with Crippen molar-refractivity contribution in [1.82, 2.24) is 9.38 Å². The summed E-state index contributed by atoms with van der Waals surface area (Å²) >= 11 is 0. The number of hydrogen-bond acceptors (Lipinski definition) is 3. The number of aromatic nitrogens is 2. The van der Waals surface area contributed by atoms with Crippen molar-refractivity contribution in [3.05, 3.63) is 100 Å². The van der Waals surface area contributed by atoms with E-state index >= 15 is 0 Å². The van der Waals surface area contributed by atoms with Crippen LogP contribution < -0.4 is 10.9 Å². The fourth-order valence-electron chi connectivity index (χ4n) is 3.36. The van der Waals surface area contributed by atoms with Crippen molar-refractivity contribution in [3.63, 3.8) is 0 Å². The summed E-state index contributed by atoms with van der Waals surface area (Å²) in [6.07, 6.45) is 1.85. The van der Waals surface area contributed by atoms with Crippen LogP contribution in [0.1, 0.15) is 16.8 Å². The van der Waals surface area contributed by atoms with Crippen LogP contribution in [0.4, 0.5) is 5.69 Å². The van der Waals surface area contributed by atoms with Gasteiger partial charge < -0.3 is 5.32 Å². The molecule has 0 saturated heterocycles. The Morgan fingerprint density at radius 3 is 2.34 bits per heavy atom. The SMILES string of the molecule is Cc1nc2c(C)cccn2c(=O)c1NC(=O)Cc1ccc(-c2ccccc2)cc1. The number of hydrogen-bond donors (Lipinski definition) is 1. The Labute approximate surface area is 168 Å².